The molecule has 1 N–H and O–H groups in total. The molecule has 2 rings (SSSR count). The van der Waals surface area contributed by atoms with Gasteiger partial charge in [0, 0.05) is 12.8 Å². The highest BCUT2D eigenvalue weighted by atomic mass is 32.1. The second-order valence-electron chi connectivity index (χ2n) is 3.21. The fourth-order valence-corrected chi connectivity index (χ4v) is 2.53. The van der Waals surface area contributed by atoms with Gasteiger partial charge in [-0.15, -0.1) is 0 Å². The monoisotopic (exact) mass is 244 g/mol. The van der Waals surface area contributed by atoms with E-state index < -0.39 is 0 Å². The van der Waals surface area contributed by atoms with E-state index in [-0.39, 0.29) is 5.91 Å². The topological polar surface area (TPSA) is 51.2 Å². The van der Waals surface area contributed by atoms with Crippen molar-refractivity contribution in [1.29, 1.82) is 0 Å². The first-order valence-electron chi connectivity index (χ1n) is 4.76. The van der Waals surface area contributed by atoms with Gasteiger partial charge < -0.3 is 10.1 Å². The van der Waals surface area contributed by atoms with Crippen LogP contribution in [-0.2, 0) is 22.6 Å². The molecule has 0 radical (unpaired) electrons. The lowest BCUT2D eigenvalue weighted by Gasteiger charge is -2.08. The molecule has 1 aliphatic heterocycles. The van der Waals surface area contributed by atoms with Gasteiger partial charge in [-0.1, -0.05) is 11.3 Å². The van der Waals surface area contributed by atoms with Gasteiger partial charge in [0.2, 0.25) is 5.91 Å². The smallest absolute Gasteiger partial charge is 0.226 e. The Bertz CT molecular complexity index is 341. The predicted molar refractivity (Wildman–Crippen MR) is 62.6 cm³/mol. The van der Waals surface area contributed by atoms with Gasteiger partial charge in [0.05, 0.1) is 23.8 Å². The minimum atomic E-state index is -0.0305. The molecular weight excluding hydrogens is 232 g/mol. The van der Waals surface area contributed by atoms with E-state index in [1.54, 1.807) is 0 Å². The number of amides is 1. The van der Waals surface area contributed by atoms with E-state index in [2.05, 4.69) is 22.9 Å². The quantitative estimate of drug-likeness (QED) is 0.792. The molecule has 6 heteroatoms. The third-order valence-electron chi connectivity index (χ3n) is 2.08. The number of rotatable bonds is 3. The van der Waals surface area contributed by atoms with E-state index in [4.69, 9.17) is 4.74 Å². The summed E-state index contributed by atoms with van der Waals surface area (Å²) in [5.41, 5.74) is 1.06. The zero-order chi connectivity index (χ0) is 10.7. The molecule has 1 aromatic rings. The molecule has 0 saturated heterocycles. The normalized spacial score (nSPS) is 14.7. The van der Waals surface area contributed by atoms with Crippen molar-refractivity contribution in [2.75, 3.05) is 17.7 Å². The average Bonchev–Trinajstić information content (AvgIpc) is 2.59. The van der Waals surface area contributed by atoms with Crippen LogP contribution in [0.15, 0.2) is 0 Å². The number of anilines is 1. The van der Waals surface area contributed by atoms with E-state index in [0.717, 1.165) is 23.6 Å². The molecule has 4 nitrogen and oxygen atoms in total. The molecule has 1 aromatic heterocycles. The second kappa shape index (κ2) is 4.96. The van der Waals surface area contributed by atoms with Crippen molar-refractivity contribution in [1.82, 2.24) is 4.98 Å². The number of nitrogens with one attached hydrogen (secondary N) is 1. The van der Waals surface area contributed by atoms with Gasteiger partial charge in [-0.25, -0.2) is 4.98 Å². The molecule has 15 heavy (non-hydrogen) atoms. The summed E-state index contributed by atoms with van der Waals surface area (Å²) in [6, 6.07) is 0. The lowest BCUT2D eigenvalue weighted by Crippen LogP contribution is -2.11. The number of carbonyl (C=O) groups excluding carboxylic acids is 1. The number of carbonyl (C=O) groups is 1. The summed E-state index contributed by atoms with van der Waals surface area (Å²) in [5, 5.41) is 3.44. The van der Waals surface area contributed by atoms with Gasteiger partial charge in [0.25, 0.3) is 0 Å². The van der Waals surface area contributed by atoms with Crippen LogP contribution in [0.5, 0.6) is 0 Å². The number of ether oxygens (including phenoxy) is 1. The van der Waals surface area contributed by atoms with Crippen LogP contribution in [0.3, 0.4) is 0 Å². The van der Waals surface area contributed by atoms with Crippen molar-refractivity contribution in [3.05, 3.63) is 10.6 Å². The van der Waals surface area contributed by atoms with E-state index >= 15 is 0 Å². The molecule has 1 aliphatic rings. The molecule has 0 fully saturated rings. The second-order valence-corrected chi connectivity index (χ2v) is 4.74. The molecule has 0 atom stereocenters. The summed E-state index contributed by atoms with van der Waals surface area (Å²) in [6.45, 7) is 1.34. The van der Waals surface area contributed by atoms with Crippen molar-refractivity contribution in [2.45, 2.75) is 19.4 Å². The maximum atomic E-state index is 11.3. The zero-order valence-corrected chi connectivity index (χ0v) is 9.87. The Morgan fingerprint density at radius 1 is 1.67 bits per heavy atom. The molecule has 0 aliphatic carbocycles. The van der Waals surface area contributed by atoms with Gasteiger partial charge in [-0.3, -0.25) is 4.79 Å². The molecular formula is C9H12N2O2S2. The van der Waals surface area contributed by atoms with Crippen LogP contribution in [0.1, 0.15) is 17.0 Å². The Labute approximate surface area is 97.5 Å². The summed E-state index contributed by atoms with van der Waals surface area (Å²) >= 11 is 5.50. The lowest BCUT2D eigenvalue weighted by atomic mass is 10.2. The summed E-state index contributed by atoms with van der Waals surface area (Å²) < 4.78 is 5.31. The number of fused-ring (bicyclic) bond motifs is 1. The summed E-state index contributed by atoms with van der Waals surface area (Å²) in [5.74, 6) is 0.525. The highest BCUT2D eigenvalue weighted by Gasteiger charge is 2.16. The molecule has 0 saturated carbocycles. The van der Waals surface area contributed by atoms with Crippen molar-refractivity contribution in [3.8, 4) is 0 Å². The van der Waals surface area contributed by atoms with E-state index in [1.807, 2.05) is 0 Å². The van der Waals surface area contributed by atoms with Crippen LogP contribution in [0.25, 0.3) is 0 Å². The van der Waals surface area contributed by atoms with Gasteiger partial charge in [0.1, 0.15) is 0 Å². The highest BCUT2D eigenvalue weighted by Crippen LogP contribution is 2.26. The third-order valence-corrected chi connectivity index (χ3v) is 3.29. The molecule has 82 valence electrons. The first-order chi connectivity index (χ1) is 7.29. The number of thiazole rings is 1. The van der Waals surface area contributed by atoms with E-state index in [0.29, 0.717) is 23.9 Å². The SMILES string of the molecule is O=C(CCS)Nc1nc2c(s1)COCC2. The first-order valence-corrected chi connectivity index (χ1v) is 6.21. The fraction of sp³-hybridized carbons (Fsp3) is 0.556. The van der Waals surface area contributed by atoms with Crippen LogP contribution in [0.2, 0.25) is 0 Å². The Hall–Kier alpha value is -0.590. The maximum Gasteiger partial charge on any atom is 0.226 e. The Kier molecular flexibility index (Phi) is 3.61. The summed E-state index contributed by atoms with van der Waals surface area (Å²) in [4.78, 5) is 16.8. The zero-order valence-electron chi connectivity index (χ0n) is 8.15. The number of hydrogen-bond acceptors (Lipinski definition) is 5. The molecule has 2 heterocycles. The maximum absolute atomic E-state index is 11.3. The molecule has 0 aromatic carbocycles. The van der Waals surface area contributed by atoms with Crippen molar-refractivity contribution < 1.29 is 9.53 Å². The van der Waals surface area contributed by atoms with Crippen molar-refractivity contribution in [3.63, 3.8) is 0 Å². The Balaban J connectivity index is 2.03. The minimum absolute atomic E-state index is 0.0305. The largest absolute Gasteiger partial charge is 0.375 e. The van der Waals surface area contributed by atoms with Crippen LogP contribution >= 0.6 is 24.0 Å². The highest BCUT2D eigenvalue weighted by molar-refractivity contribution is 7.80. The van der Waals surface area contributed by atoms with Gasteiger partial charge in [-0.2, -0.15) is 12.6 Å². The van der Waals surface area contributed by atoms with Gasteiger partial charge in [-0.05, 0) is 5.75 Å². The van der Waals surface area contributed by atoms with Crippen LogP contribution in [0.4, 0.5) is 5.13 Å². The number of nitrogens with zero attached hydrogens (tertiary/aromatic N) is 1. The predicted octanol–water partition coefficient (Wildman–Crippen LogP) is 1.47. The molecule has 0 spiro atoms. The number of hydrogen-bond donors (Lipinski definition) is 2. The minimum Gasteiger partial charge on any atom is -0.375 e. The summed E-state index contributed by atoms with van der Waals surface area (Å²) in [6.07, 6.45) is 1.26. The van der Waals surface area contributed by atoms with E-state index in [1.165, 1.54) is 11.3 Å². The van der Waals surface area contributed by atoms with Crippen LogP contribution < -0.4 is 5.32 Å². The van der Waals surface area contributed by atoms with Gasteiger partial charge >= 0.3 is 0 Å². The summed E-state index contributed by atoms with van der Waals surface area (Å²) in [7, 11) is 0. The van der Waals surface area contributed by atoms with Crippen molar-refractivity contribution >= 4 is 35.0 Å². The van der Waals surface area contributed by atoms with Gasteiger partial charge in [0.15, 0.2) is 5.13 Å². The molecule has 1 amide bonds. The first kappa shape index (κ1) is 10.9. The number of thiol groups is 1. The lowest BCUT2D eigenvalue weighted by molar-refractivity contribution is -0.115. The number of aromatic nitrogens is 1. The van der Waals surface area contributed by atoms with Crippen LogP contribution in [0, 0.1) is 0 Å². The fourth-order valence-electron chi connectivity index (χ4n) is 1.36. The third kappa shape index (κ3) is 2.70. The standard InChI is InChI=1S/C9H12N2O2S2/c12-8(2-4-14)11-9-10-6-1-3-13-5-7(6)15-9/h14H,1-5H2,(H,10,11,12). The Morgan fingerprint density at radius 3 is 3.27 bits per heavy atom. The molecule has 0 unspecified atom stereocenters. The van der Waals surface area contributed by atoms with E-state index in [9.17, 15) is 4.79 Å². The Morgan fingerprint density at radius 2 is 2.53 bits per heavy atom. The average molecular weight is 244 g/mol. The molecule has 0 bridgehead atoms. The van der Waals surface area contributed by atoms with Crippen molar-refractivity contribution in [2.24, 2.45) is 0 Å². The van der Waals surface area contributed by atoms with Crippen LogP contribution in [-0.4, -0.2) is 23.3 Å².